The molecular formula is C22H17BrClN3O3. The predicted molar refractivity (Wildman–Crippen MR) is 122 cm³/mol. The molecule has 0 aliphatic carbocycles. The van der Waals surface area contributed by atoms with Crippen LogP contribution in [-0.2, 0) is 0 Å². The topological polar surface area (TPSA) is 79.8 Å². The Kier molecular flexibility index (Phi) is 7.21. The molecule has 0 aliphatic rings. The average molecular weight is 487 g/mol. The van der Waals surface area contributed by atoms with E-state index >= 15 is 0 Å². The van der Waals surface area contributed by atoms with Crippen LogP contribution in [0.2, 0.25) is 5.02 Å². The van der Waals surface area contributed by atoms with E-state index in [1.165, 1.54) is 6.21 Å². The van der Waals surface area contributed by atoms with Gasteiger partial charge in [0.1, 0.15) is 5.75 Å². The number of ether oxygens (including phenoxy) is 1. The Hall–Kier alpha value is -3.16. The quantitative estimate of drug-likeness (QED) is 0.374. The van der Waals surface area contributed by atoms with Gasteiger partial charge in [0.15, 0.2) is 0 Å². The second-order valence-electron chi connectivity index (χ2n) is 6.13. The summed E-state index contributed by atoms with van der Waals surface area (Å²) in [5.74, 6) is -0.0359. The normalized spacial score (nSPS) is 10.6. The molecule has 0 spiro atoms. The Labute approximate surface area is 187 Å². The molecular weight excluding hydrogens is 470 g/mol. The summed E-state index contributed by atoms with van der Waals surface area (Å²) in [6.45, 7) is 0. The third-order valence-corrected chi connectivity index (χ3v) is 4.78. The van der Waals surface area contributed by atoms with Gasteiger partial charge in [-0.15, -0.1) is 0 Å². The molecule has 0 saturated heterocycles. The highest BCUT2D eigenvalue weighted by molar-refractivity contribution is 9.10. The smallest absolute Gasteiger partial charge is 0.271 e. The van der Waals surface area contributed by atoms with Gasteiger partial charge in [0.2, 0.25) is 0 Å². The lowest BCUT2D eigenvalue weighted by Crippen LogP contribution is -2.18. The summed E-state index contributed by atoms with van der Waals surface area (Å²) in [7, 11) is 1.56. The van der Waals surface area contributed by atoms with Crippen LogP contribution in [-0.4, -0.2) is 25.1 Å². The molecule has 0 bridgehead atoms. The maximum absolute atomic E-state index is 12.3. The first kappa shape index (κ1) is 21.5. The molecule has 0 atom stereocenters. The Morgan fingerprint density at radius 1 is 1.00 bits per heavy atom. The van der Waals surface area contributed by atoms with Crippen LogP contribution < -0.4 is 15.5 Å². The molecule has 0 radical (unpaired) electrons. The van der Waals surface area contributed by atoms with Gasteiger partial charge in [-0.05, 0) is 60.7 Å². The lowest BCUT2D eigenvalue weighted by atomic mass is 10.1. The number of nitrogens with zero attached hydrogens (tertiary/aromatic N) is 1. The van der Waals surface area contributed by atoms with Crippen LogP contribution in [0.25, 0.3) is 0 Å². The molecule has 0 unspecified atom stereocenters. The molecule has 0 aromatic heterocycles. The van der Waals surface area contributed by atoms with Crippen LogP contribution in [0.1, 0.15) is 26.3 Å². The molecule has 0 saturated carbocycles. The molecule has 6 nitrogen and oxygen atoms in total. The minimum absolute atomic E-state index is 0.290. The molecule has 152 valence electrons. The largest absolute Gasteiger partial charge is 0.496 e. The molecule has 0 fully saturated rings. The third-order valence-electron chi connectivity index (χ3n) is 4.05. The van der Waals surface area contributed by atoms with E-state index in [-0.39, 0.29) is 11.8 Å². The number of hydrazone groups is 1. The second kappa shape index (κ2) is 10.0. The van der Waals surface area contributed by atoms with E-state index in [0.29, 0.717) is 33.1 Å². The summed E-state index contributed by atoms with van der Waals surface area (Å²) in [5, 5.41) is 7.22. The van der Waals surface area contributed by atoms with Gasteiger partial charge in [-0.3, -0.25) is 9.59 Å². The molecule has 0 heterocycles. The van der Waals surface area contributed by atoms with Gasteiger partial charge >= 0.3 is 0 Å². The number of nitrogens with one attached hydrogen (secondary N) is 2. The lowest BCUT2D eigenvalue weighted by molar-refractivity contribution is 0.0954. The zero-order valence-electron chi connectivity index (χ0n) is 15.9. The van der Waals surface area contributed by atoms with Crippen molar-refractivity contribution >= 4 is 51.2 Å². The van der Waals surface area contributed by atoms with Gasteiger partial charge in [0.05, 0.1) is 13.3 Å². The maximum atomic E-state index is 12.3. The van der Waals surface area contributed by atoms with Gasteiger partial charge < -0.3 is 10.1 Å². The van der Waals surface area contributed by atoms with E-state index in [9.17, 15) is 9.59 Å². The highest BCUT2D eigenvalue weighted by Gasteiger charge is 2.08. The maximum Gasteiger partial charge on any atom is 0.271 e. The number of hydrogen-bond donors (Lipinski definition) is 2. The third kappa shape index (κ3) is 5.68. The van der Waals surface area contributed by atoms with Crippen molar-refractivity contribution in [1.29, 1.82) is 0 Å². The molecule has 3 rings (SSSR count). The predicted octanol–water partition coefficient (Wildman–Crippen LogP) is 5.13. The Balaban J connectivity index is 1.61. The summed E-state index contributed by atoms with van der Waals surface area (Å²) in [5.41, 5.74) is 4.58. The Bertz CT molecular complexity index is 1100. The van der Waals surface area contributed by atoms with Gasteiger partial charge in [0, 0.05) is 31.9 Å². The van der Waals surface area contributed by atoms with Crippen LogP contribution in [0, 0.1) is 0 Å². The first-order valence-corrected chi connectivity index (χ1v) is 9.97. The molecule has 2 N–H and O–H groups in total. The van der Waals surface area contributed by atoms with Gasteiger partial charge in [-0.2, -0.15) is 5.10 Å². The highest BCUT2D eigenvalue weighted by Crippen LogP contribution is 2.21. The first-order chi connectivity index (χ1) is 14.5. The van der Waals surface area contributed by atoms with Crippen molar-refractivity contribution < 1.29 is 14.3 Å². The van der Waals surface area contributed by atoms with Crippen molar-refractivity contribution in [3.8, 4) is 5.75 Å². The summed E-state index contributed by atoms with van der Waals surface area (Å²) in [6, 6.07) is 18.6. The lowest BCUT2D eigenvalue weighted by Gasteiger charge is -2.07. The highest BCUT2D eigenvalue weighted by atomic mass is 79.9. The molecule has 3 aromatic carbocycles. The summed E-state index contributed by atoms with van der Waals surface area (Å²) in [6.07, 6.45) is 1.50. The monoisotopic (exact) mass is 485 g/mol. The average Bonchev–Trinajstić information content (AvgIpc) is 2.74. The van der Waals surface area contributed by atoms with E-state index in [0.717, 1.165) is 4.47 Å². The SMILES string of the molecule is COc1ccc(Br)cc1/C=N\NC(=O)c1ccc(NC(=O)c2cccc(Cl)c2)cc1. The molecule has 3 aromatic rings. The Morgan fingerprint density at radius 2 is 1.77 bits per heavy atom. The molecule has 30 heavy (non-hydrogen) atoms. The summed E-state index contributed by atoms with van der Waals surface area (Å²) in [4.78, 5) is 24.5. The number of halogens is 2. The Morgan fingerprint density at radius 3 is 2.47 bits per heavy atom. The fourth-order valence-corrected chi connectivity index (χ4v) is 3.14. The summed E-state index contributed by atoms with van der Waals surface area (Å²) < 4.78 is 6.13. The van der Waals surface area contributed by atoms with E-state index < -0.39 is 0 Å². The number of methoxy groups -OCH3 is 1. The van der Waals surface area contributed by atoms with Crippen LogP contribution in [0.15, 0.2) is 76.3 Å². The zero-order valence-corrected chi connectivity index (χ0v) is 18.2. The van der Waals surface area contributed by atoms with Crippen molar-refractivity contribution in [3.63, 3.8) is 0 Å². The van der Waals surface area contributed by atoms with Gasteiger partial charge in [-0.25, -0.2) is 5.43 Å². The number of benzene rings is 3. The van der Waals surface area contributed by atoms with Gasteiger partial charge in [-0.1, -0.05) is 33.6 Å². The number of carbonyl (C=O) groups excluding carboxylic acids is 2. The fraction of sp³-hybridized carbons (Fsp3) is 0.0455. The number of hydrogen-bond acceptors (Lipinski definition) is 4. The van der Waals surface area contributed by atoms with Gasteiger partial charge in [0.25, 0.3) is 11.8 Å². The van der Waals surface area contributed by atoms with Crippen molar-refractivity contribution in [2.75, 3.05) is 12.4 Å². The summed E-state index contributed by atoms with van der Waals surface area (Å²) >= 11 is 9.29. The molecule has 8 heteroatoms. The van der Waals surface area contributed by atoms with Crippen molar-refractivity contribution in [2.24, 2.45) is 5.10 Å². The van der Waals surface area contributed by atoms with Crippen molar-refractivity contribution in [1.82, 2.24) is 5.43 Å². The molecule has 2 amide bonds. The van der Waals surface area contributed by atoms with Crippen LogP contribution in [0.4, 0.5) is 5.69 Å². The first-order valence-electron chi connectivity index (χ1n) is 8.80. The van der Waals surface area contributed by atoms with Crippen LogP contribution in [0.3, 0.4) is 0 Å². The molecule has 0 aliphatic heterocycles. The number of anilines is 1. The number of rotatable bonds is 6. The van der Waals surface area contributed by atoms with E-state index in [1.54, 1.807) is 61.7 Å². The minimum atomic E-state index is -0.382. The van der Waals surface area contributed by atoms with E-state index in [4.69, 9.17) is 16.3 Å². The second-order valence-corrected chi connectivity index (χ2v) is 7.48. The van der Waals surface area contributed by atoms with E-state index in [2.05, 4.69) is 31.8 Å². The van der Waals surface area contributed by atoms with E-state index in [1.807, 2.05) is 12.1 Å². The van der Waals surface area contributed by atoms with Crippen LogP contribution >= 0.6 is 27.5 Å². The number of carbonyl (C=O) groups is 2. The van der Waals surface area contributed by atoms with Crippen molar-refractivity contribution in [2.45, 2.75) is 0 Å². The van der Waals surface area contributed by atoms with Crippen LogP contribution in [0.5, 0.6) is 5.75 Å². The fourth-order valence-electron chi connectivity index (χ4n) is 2.57. The number of amides is 2. The van der Waals surface area contributed by atoms with Crippen molar-refractivity contribution in [3.05, 3.63) is 92.9 Å². The zero-order chi connectivity index (χ0) is 21.5. The minimum Gasteiger partial charge on any atom is -0.496 e. The standard InChI is InChI=1S/C22H17BrClN3O3/c1-30-20-10-7-17(23)11-16(20)13-25-27-22(29)14-5-8-19(9-6-14)26-21(28)15-3-2-4-18(24)12-15/h2-13H,1H3,(H,26,28)(H,27,29)/b25-13-.